The van der Waals surface area contributed by atoms with Crippen LogP contribution in [0.15, 0.2) is 18.3 Å². The molecule has 1 heterocycles. The largest absolute Gasteiger partial charge is 0.354 e. The minimum absolute atomic E-state index is 0.504. The van der Waals surface area contributed by atoms with Crippen LogP contribution in [0.5, 0.6) is 0 Å². The fraction of sp³-hybridized carbons (Fsp3) is 0.688. The van der Waals surface area contributed by atoms with E-state index in [0.717, 1.165) is 24.8 Å². The lowest BCUT2D eigenvalue weighted by atomic mass is 10.2. The quantitative estimate of drug-likeness (QED) is 0.817. The Kier molecular flexibility index (Phi) is 4.81. The van der Waals surface area contributed by atoms with Gasteiger partial charge in [-0.2, -0.15) is 0 Å². The lowest BCUT2D eigenvalue weighted by molar-refractivity contribution is 0.580. The monoisotopic (exact) mass is 261 g/mol. The molecular weight excluding hydrogens is 234 g/mol. The summed E-state index contributed by atoms with van der Waals surface area (Å²) in [5.74, 6) is 2.05. The molecule has 1 aliphatic carbocycles. The zero-order valence-electron chi connectivity index (χ0n) is 12.7. The predicted octanol–water partition coefficient (Wildman–Crippen LogP) is 3.20. The summed E-state index contributed by atoms with van der Waals surface area (Å²) in [4.78, 5) is 7.11. The Balaban J connectivity index is 2.14. The lowest BCUT2D eigenvalue weighted by Crippen LogP contribution is -2.35. The molecule has 0 bridgehead atoms. The van der Waals surface area contributed by atoms with Gasteiger partial charge in [-0.1, -0.05) is 19.9 Å². The van der Waals surface area contributed by atoms with Gasteiger partial charge in [0.2, 0.25) is 0 Å². The summed E-state index contributed by atoms with van der Waals surface area (Å²) in [6.45, 7) is 10.9. The molecule has 1 N–H and O–H groups in total. The van der Waals surface area contributed by atoms with Crippen molar-refractivity contribution in [2.45, 2.75) is 59.2 Å². The Morgan fingerprint density at radius 3 is 2.63 bits per heavy atom. The number of hydrogen-bond donors (Lipinski definition) is 1. The summed E-state index contributed by atoms with van der Waals surface area (Å²) >= 11 is 0. The summed E-state index contributed by atoms with van der Waals surface area (Å²) in [5, 5.41) is 3.50. The van der Waals surface area contributed by atoms with Crippen molar-refractivity contribution in [3.63, 3.8) is 0 Å². The van der Waals surface area contributed by atoms with Crippen LogP contribution in [0.2, 0.25) is 0 Å². The van der Waals surface area contributed by atoms with E-state index in [0.29, 0.717) is 12.1 Å². The number of hydrogen-bond acceptors (Lipinski definition) is 3. The molecule has 1 aliphatic rings. The molecule has 0 spiro atoms. The highest BCUT2D eigenvalue weighted by molar-refractivity contribution is 5.47. The Morgan fingerprint density at radius 2 is 2.05 bits per heavy atom. The number of anilines is 1. The van der Waals surface area contributed by atoms with Crippen molar-refractivity contribution in [2.24, 2.45) is 5.92 Å². The van der Waals surface area contributed by atoms with Gasteiger partial charge in [-0.15, -0.1) is 0 Å². The van der Waals surface area contributed by atoms with Crippen LogP contribution in [0.1, 0.15) is 46.1 Å². The van der Waals surface area contributed by atoms with E-state index in [1.54, 1.807) is 0 Å². The summed E-state index contributed by atoms with van der Waals surface area (Å²) in [6.07, 6.45) is 4.68. The van der Waals surface area contributed by atoms with Crippen LogP contribution in [-0.4, -0.2) is 23.6 Å². The van der Waals surface area contributed by atoms with Gasteiger partial charge in [0, 0.05) is 36.9 Å². The van der Waals surface area contributed by atoms with E-state index in [9.17, 15) is 0 Å². The van der Waals surface area contributed by atoms with Crippen molar-refractivity contribution in [2.75, 3.05) is 11.4 Å². The van der Waals surface area contributed by atoms with Gasteiger partial charge in [-0.3, -0.25) is 0 Å². The molecule has 1 aromatic heterocycles. The third-order valence-corrected chi connectivity index (χ3v) is 3.62. The van der Waals surface area contributed by atoms with E-state index in [1.165, 1.54) is 18.4 Å². The lowest BCUT2D eigenvalue weighted by Gasteiger charge is -2.30. The van der Waals surface area contributed by atoms with Gasteiger partial charge in [-0.05, 0) is 38.7 Å². The molecule has 0 radical (unpaired) electrons. The highest BCUT2D eigenvalue weighted by Gasteiger charge is 2.27. The average Bonchev–Trinajstić information content (AvgIpc) is 3.17. The van der Waals surface area contributed by atoms with Crippen molar-refractivity contribution in [1.82, 2.24) is 10.3 Å². The molecule has 0 unspecified atom stereocenters. The third kappa shape index (κ3) is 4.20. The van der Waals surface area contributed by atoms with Crippen molar-refractivity contribution in [3.8, 4) is 0 Å². The number of nitrogens with zero attached hydrogens (tertiary/aromatic N) is 2. The second-order valence-electron chi connectivity index (χ2n) is 6.21. The van der Waals surface area contributed by atoms with E-state index in [-0.39, 0.29) is 0 Å². The standard InChI is InChI=1S/C16H27N3/c1-12(2)18-10-15-6-5-9-17-16(15)19(13(3)4)11-14-7-8-14/h5-6,9,12-14,18H,7-8,10-11H2,1-4H3. The van der Waals surface area contributed by atoms with E-state index in [2.05, 4.69) is 49.0 Å². The number of aromatic nitrogens is 1. The van der Waals surface area contributed by atoms with Crippen molar-refractivity contribution >= 4 is 5.82 Å². The van der Waals surface area contributed by atoms with E-state index in [4.69, 9.17) is 0 Å². The van der Waals surface area contributed by atoms with Crippen LogP contribution < -0.4 is 10.2 Å². The molecule has 0 saturated heterocycles. The Morgan fingerprint density at radius 1 is 1.32 bits per heavy atom. The van der Waals surface area contributed by atoms with Crippen LogP contribution >= 0.6 is 0 Å². The van der Waals surface area contributed by atoms with Crippen LogP contribution in [0.25, 0.3) is 0 Å². The third-order valence-electron chi connectivity index (χ3n) is 3.62. The fourth-order valence-electron chi connectivity index (χ4n) is 2.26. The van der Waals surface area contributed by atoms with Crippen LogP contribution in [0, 0.1) is 5.92 Å². The highest BCUT2D eigenvalue weighted by Crippen LogP contribution is 2.32. The average molecular weight is 261 g/mol. The van der Waals surface area contributed by atoms with Crippen molar-refractivity contribution in [1.29, 1.82) is 0 Å². The SMILES string of the molecule is CC(C)NCc1cccnc1N(CC1CC1)C(C)C. The minimum Gasteiger partial charge on any atom is -0.354 e. The number of nitrogens with one attached hydrogen (secondary N) is 1. The first kappa shape index (κ1) is 14.3. The molecule has 2 rings (SSSR count). The maximum Gasteiger partial charge on any atom is 0.133 e. The van der Waals surface area contributed by atoms with Crippen LogP contribution in [0.3, 0.4) is 0 Å². The molecule has 3 heteroatoms. The molecule has 1 aromatic rings. The summed E-state index contributed by atoms with van der Waals surface area (Å²) < 4.78 is 0. The van der Waals surface area contributed by atoms with E-state index >= 15 is 0 Å². The molecule has 0 amide bonds. The van der Waals surface area contributed by atoms with E-state index < -0.39 is 0 Å². The fourth-order valence-corrected chi connectivity index (χ4v) is 2.26. The molecule has 0 aliphatic heterocycles. The molecule has 106 valence electrons. The maximum absolute atomic E-state index is 4.64. The van der Waals surface area contributed by atoms with Gasteiger partial charge in [0.25, 0.3) is 0 Å². The summed E-state index contributed by atoms with van der Waals surface area (Å²) in [7, 11) is 0. The van der Waals surface area contributed by atoms with Gasteiger partial charge in [-0.25, -0.2) is 4.98 Å². The smallest absolute Gasteiger partial charge is 0.133 e. The second-order valence-corrected chi connectivity index (χ2v) is 6.21. The predicted molar refractivity (Wildman–Crippen MR) is 81.4 cm³/mol. The molecule has 0 atom stereocenters. The van der Waals surface area contributed by atoms with Gasteiger partial charge >= 0.3 is 0 Å². The van der Waals surface area contributed by atoms with Crippen molar-refractivity contribution in [3.05, 3.63) is 23.9 Å². The number of rotatable bonds is 7. The highest BCUT2D eigenvalue weighted by atomic mass is 15.2. The Labute approximate surface area is 117 Å². The van der Waals surface area contributed by atoms with Crippen LogP contribution in [0.4, 0.5) is 5.82 Å². The first-order valence-corrected chi connectivity index (χ1v) is 7.52. The summed E-state index contributed by atoms with van der Waals surface area (Å²) in [5.41, 5.74) is 1.31. The minimum atomic E-state index is 0.504. The first-order valence-electron chi connectivity index (χ1n) is 7.52. The Bertz CT molecular complexity index is 397. The Hall–Kier alpha value is -1.09. The molecule has 1 saturated carbocycles. The molecule has 1 fully saturated rings. The molecule has 0 aromatic carbocycles. The molecule has 19 heavy (non-hydrogen) atoms. The van der Waals surface area contributed by atoms with Crippen molar-refractivity contribution < 1.29 is 0 Å². The van der Waals surface area contributed by atoms with Gasteiger partial charge in [0.05, 0.1) is 0 Å². The molecule has 3 nitrogen and oxygen atoms in total. The second kappa shape index (κ2) is 6.38. The van der Waals surface area contributed by atoms with Gasteiger partial charge in [0.1, 0.15) is 5.82 Å². The zero-order valence-corrected chi connectivity index (χ0v) is 12.7. The summed E-state index contributed by atoms with van der Waals surface area (Å²) in [6, 6.07) is 5.24. The topological polar surface area (TPSA) is 28.2 Å². The van der Waals surface area contributed by atoms with E-state index in [1.807, 2.05) is 12.3 Å². The van der Waals surface area contributed by atoms with Gasteiger partial charge < -0.3 is 10.2 Å². The zero-order chi connectivity index (χ0) is 13.8. The van der Waals surface area contributed by atoms with Crippen LogP contribution in [-0.2, 0) is 6.54 Å². The van der Waals surface area contributed by atoms with Gasteiger partial charge in [0.15, 0.2) is 0 Å². The normalized spacial score (nSPS) is 15.3. The molecular formula is C16H27N3. The maximum atomic E-state index is 4.64. The number of pyridine rings is 1. The first-order chi connectivity index (χ1) is 9.08.